The summed E-state index contributed by atoms with van der Waals surface area (Å²) >= 11 is 0. The lowest BCUT2D eigenvalue weighted by molar-refractivity contribution is 0.629. The number of nitrogens with one attached hydrogen (secondary N) is 2. The summed E-state index contributed by atoms with van der Waals surface area (Å²) < 4.78 is 13.1. The predicted octanol–water partition coefficient (Wildman–Crippen LogP) is 3.92. The Balaban J connectivity index is 1.71. The van der Waals surface area contributed by atoms with E-state index in [1.165, 1.54) is 17.7 Å². The molecule has 2 N–H and O–H groups in total. The summed E-state index contributed by atoms with van der Waals surface area (Å²) in [4.78, 5) is 7.47. The fourth-order valence-electron chi connectivity index (χ4n) is 2.21. The second-order valence-corrected chi connectivity index (χ2v) is 4.94. The minimum Gasteiger partial charge on any atom is -0.355 e. The molecule has 3 rings (SSSR count). The number of halogens is 1. The van der Waals surface area contributed by atoms with Crippen LogP contribution in [0.4, 0.5) is 10.3 Å². The Kier molecular flexibility index (Phi) is 3.37. The van der Waals surface area contributed by atoms with Crippen molar-refractivity contribution >= 4 is 17.0 Å². The van der Waals surface area contributed by atoms with E-state index in [0.717, 1.165) is 12.1 Å². The first-order chi connectivity index (χ1) is 9.72. The first-order valence-corrected chi connectivity index (χ1v) is 6.66. The highest BCUT2D eigenvalue weighted by molar-refractivity contribution is 5.77. The van der Waals surface area contributed by atoms with Crippen molar-refractivity contribution in [2.45, 2.75) is 12.8 Å². The zero-order valence-corrected chi connectivity index (χ0v) is 11.2. The van der Waals surface area contributed by atoms with E-state index in [0.29, 0.717) is 17.4 Å². The molecule has 0 saturated carbocycles. The molecule has 0 aliphatic heterocycles. The average Bonchev–Trinajstić information content (AvgIpc) is 2.87. The molecule has 2 aromatic carbocycles. The molecule has 4 heteroatoms. The third-order valence-corrected chi connectivity index (χ3v) is 3.39. The van der Waals surface area contributed by atoms with Crippen molar-refractivity contribution in [1.82, 2.24) is 9.97 Å². The van der Waals surface area contributed by atoms with E-state index in [1.807, 2.05) is 18.2 Å². The third-order valence-electron chi connectivity index (χ3n) is 3.39. The van der Waals surface area contributed by atoms with E-state index in [1.54, 1.807) is 6.07 Å². The van der Waals surface area contributed by atoms with Gasteiger partial charge >= 0.3 is 0 Å². The molecule has 1 unspecified atom stereocenters. The van der Waals surface area contributed by atoms with E-state index in [9.17, 15) is 4.39 Å². The Labute approximate surface area is 116 Å². The van der Waals surface area contributed by atoms with E-state index < -0.39 is 0 Å². The lowest BCUT2D eigenvalue weighted by Crippen LogP contribution is -2.10. The Morgan fingerprint density at radius 2 is 2.00 bits per heavy atom. The van der Waals surface area contributed by atoms with Crippen molar-refractivity contribution in [3.63, 3.8) is 0 Å². The molecule has 1 aromatic heterocycles. The summed E-state index contributed by atoms with van der Waals surface area (Å²) in [5.74, 6) is 0.792. The van der Waals surface area contributed by atoms with E-state index in [4.69, 9.17) is 0 Å². The molecule has 0 aliphatic rings. The van der Waals surface area contributed by atoms with Gasteiger partial charge in [0.15, 0.2) is 0 Å². The van der Waals surface area contributed by atoms with Gasteiger partial charge in [-0.2, -0.15) is 0 Å². The monoisotopic (exact) mass is 269 g/mol. The molecule has 3 nitrogen and oxygen atoms in total. The van der Waals surface area contributed by atoms with Gasteiger partial charge in [0, 0.05) is 6.54 Å². The van der Waals surface area contributed by atoms with E-state index in [-0.39, 0.29) is 5.82 Å². The Morgan fingerprint density at radius 1 is 1.20 bits per heavy atom. The molecular formula is C16H16FN3. The Morgan fingerprint density at radius 3 is 2.80 bits per heavy atom. The van der Waals surface area contributed by atoms with Gasteiger partial charge in [0.2, 0.25) is 5.95 Å². The van der Waals surface area contributed by atoms with Crippen LogP contribution in [0.25, 0.3) is 11.0 Å². The van der Waals surface area contributed by atoms with Crippen molar-refractivity contribution in [3.8, 4) is 0 Å². The number of anilines is 1. The number of aromatic nitrogens is 2. The molecular weight excluding hydrogens is 253 g/mol. The van der Waals surface area contributed by atoms with Crippen LogP contribution in [0, 0.1) is 5.82 Å². The second kappa shape index (κ2) is 5.33. The number of rotatable bonds is 4. The highest BCUT2D eigenvalue weighted by Gasteiger charge is 2.07. The van der Waals surface area contributed by atoms with Crippen molar-refractivity contribution in [1.29, 1.82) is 0 Å². The van der Waals surface area contributed by atoms with Crippen LogP contribution in [0.3, 0.4) is 0 Å². The van der Waals surface area contributed by atoms with Gasteiger partial charge in [-0.15, -0.1) is 0 Å². The number of hydrogen-bond donors (Lipinski definition) is 2. The van der Waals surface area contributed by atoms with Gasteiger partial charge in [-0.3, -0.25) is 0 Å². The maximum Gasteiger partial charge on any atom is 0.201 e. The van der Waals surface area contributed by atoms with Crippen LogP contribution < -0.4 is 5.32 Å². The topological polar surface area (TPSA) is 40.7 Å². The van der Waals surface area contributed by atoms with Crippen LogP contribution in [-0.4, -0.2) is 16.5 Å². The molecule has 0 spiro atoms. The highest BCUT2D eigenvalue weighted by Crippen LogP contribution is 2.18. The lowest BCUT2D eigenvalue weighted by Gasteiger charge is -2.12. The van der Waals surface area contributed by atoms with Gasteiger partial charge in [-0.25, -0.2) is 9.37 Å². The second-order valence-electron chi connectivity index (χ2n) is 4.94. The van der Waals surface area contributed by atoms with Crippen LogP contribution in [-0.2, 0) is 0 Å². The normalized spacial score (nSPS) is 12.5. The smallest absolute Gasteiger partial charge is 0.201 e. The number of nitrogens with zero attached hydrogens (tertiary/aromatic N) is 1. The predicted molar refractivity (Wildman–Crippen MR) is 79.4 cm³/mol. The molecule has 20 heavy (non-hydrogen) atoms. The summed E-state index contributed by atoms with van der Waals surface area (Å²) in [5, 5.41) is 3.26. The maximum absolute atomic E-state index is 13.1. The van der Waals surface area contributed by atoms with Gasteiger partial charge in [0.05, 0.1) is 11.0 Å². The Hall–Kier alpha value is -2.36. The molecule has 0 fully saturated rings. The van der Waals surface area contributed by atoms with Crippen molar-refractivity contribution in [2.24, 2.45) is 0 Å². The van der Waals surface area contributed by atoms with E-state index in [2.05, 4.69) is 34.3 Å². The molecule has 102 valence electrons. The lowest BCUT2D eigenvalue weighted by atomic mass is 10.0. The first-order valence-electron chi connectivity index (χ1n) is 6.66. The number of aromatic amines is 1. The van der Waals surface area contributed by atoms with E-state index >= 15 is 0 Å². The fraction of sp³-hybridized carbons (Fsp3) is 0.188. The molecule has 1 atom stereocenters. The Bertz CT molecular complexity index is 706. The summed E-state index contributed by atoms with van der Waals surface area (Å²) in [7, 11) is 0. The maximum atomic E-state index is 13.1. The number of fused-ring (bicyclic) bond motifs is 1. The molecule has 3 aromatic rings. The van der Waals surface area contributed by atoms with Gasteiger partial charge in [-0.05, 0) is 29.7 Å². The van der Waals surface area contributed by atoms with Gasteiger partial charge in [0.25, 0.3) is 0 Å². The number of H-pyrrole nitrogens is 1. The molecule has 1 heterocycles. The van der Waals surface area contributed by atoms with Crippen LogP contribution in [0.5, 0.6) is 0 Å². The van der Waals surface area contributed by atoms with Crippen molar-refractivity contribution in [2.75, 3.05) is 11.9 Å². The third kappa shape index (κ3) is 2.64. The number of imidazole rings is 1. The molecule has 0 amide bonds. The SMILES string of the molecule is CC(CNc1nc2ccc(F)cc2[nH]1)c1ccccc1. The molecule has 0 bridgehead atoms. The van der Waals surface area contributed by atoms with Crippen LogP contribution in [0.1, 0.15) is 18.4 Å². The summed E-state index contributed by atoms with van der Waals surface area (Å²) in [6.07, 6.45) is 0. The fourth-order valence-corrected chi connectivity index (χ4v) is 2.21. The number of hydrogen-bond acceptors (Lipinski definition) is 2. The summed E-state index contributed by atoms with van der Waals surface area (Å²) in [5.41, 5.74) is 2.75. The van der Waals surface area contributed by atoms with Crippen LogP contribution in [0.15, 0.2) is 48.5 Å². The largest absolute Gasteiger partial charge is 0.355 e. The van der Waals surface area contributed by atoms with Gasteiger partial charge in [0.1, 0.15) is 5.82 Å². The van der Waals surface area contributed by atoms with Crippen LogP contribution in [0.2, 0.25) is 0 Å². The highest BCUT2D eigenvalue weighted by atomic mass is 19.1. The molecule has 0 saturated heterocycles. The van der Waals surface area contributed by atoms with Gasteiger partial charge < -0.3 is 10.3 Å². The van der Waals surface area contributed by atoms with Crippen molar-refractivity contribution in [3.05, 3.63) is 59.9 Å². The number of benzene rings is 2. The van der Waals surface area contributed by atoms with Gasteiger partial charge in [-0.1, -0.05) is 37.3 Å². The molecule has 0 aliphatic carbocycles. The minimum absolute atomic E-state index is 0.259. The first kappa shape index (κ1) is 12.7. The van der Waals surface area contributed by atoms with Crippen LogP contribution >= 0.6 is 0 Å². The van der Waals surface area contributed by atoms with Crippen molar-refractivity contribution < 1.29 is 4.39 Å². The minimum atomic E-state index is -0.259. The summed E-state index contributed by atoms with van der Waals surface area (Å²) in [6.45, 7) is 2.93. The zero-order chi connectivity index (χ0) is 13.9. The standard InChI is InChI=1S/C16H16FN3/c1-11(12-5-3-2-4-6-12)10-18-16-19-14-8-7-13(17)9-15(14)20-16/h2-9,11H,10H2,1H3,(H2,18,19,20). The molecule has 0 radical (unpaired) electrons. The quantitative estimate of drug-likeness (QED) is 0.753. The average molecular weight is 269 g/mol. The summed E-state index contributed by atoms with van der Waals surface area (Å²) in [6, 6.07) is 14.9. The zero-order valence-electron chi connectivity index (χ0n) is 11.2.